The number of rotatable bonds is 6. The zero-order chi connectivity index (χ0) is 15.2. The van der Waals surface area contributed by atoms with Crippen LogP contribution in [0.5, 0.6) is 0 Å². The summed E-state index contributed by atoms with van der Waals surface area (Å²) in [6.45, 7) is 4.32. The number of aliphatic carboxylic acids is 1. The Bertz CT molecular complexity index is 443. The number of aromatic nitrogens is 1. The van der Waals surface area contributed by atoms with E-state index in [4.69, 9.17) is 9.52 Å². The molecule has 1 aliphatic carbocycles. The largest absolute Gasteiger partial charge is 0.481 e. The zero-order valence-electron chi connectivity index (χ0n) is 13.0. The number of oxazole rings is 1. The highest BCUT2D eigenvalue weighted by Gasteiger charge is 2.25. The number of hydrogen-bond acceptors (Lipinski definition) is 4. The fourth-order valence-electron chi connectivity index (χ4n) is 3.14. The van der Waals surface area contributed by atoms with Crippen LogP contribution in [-0.2, 0) is 11.3 Å². The average molecular weight is 294 g/mol. The maximum Gasteiger partial charge on any atom is 0.304 e. The first-order valence-electron chi connectivity index (χ1n) is 7.94. The van der Waals surface area contributed by atoms with Crippen molar-refractivity contribution in [1.29, 1.82) is 0 Å². The molecule has 1 fully saturated rings. The summed E-state index contributed by atoms with van der Waals surface area (Å²) in [5.74, 6) is 1.18. The molecular formula is C16H26N2O3. The van der Waals surface area contributed by atoms with E-state index in [2.05, 4.69) is 10.3 Å². The van der Waals surface area contributed by atoms with Crippen LogP contribution in [0.2, 0.25) is 0 Å². The van der Waals surface area contributed by atoms with Gasteiger partial charge in [-0.1, -0.05) is 25.7 Å². The van der Waals surface area contributed by atoms with Gasteiger partial charge in [-0.05, 0) is 32.6 Å². The van der Waals surface area contributed by atoms with Gasteiger partial charge in [-0.2, -0.15) is 0 Å². The molecule has 0 aromatic carbocycles. The number of nitrogens with one attached hydrogen (secondary N) is 1. The van der Waals surface area contributed by atoms with Crippen molar-refractivity contribution in [2.45, 2.75) is 71.4 Å². The van der Waals surface area contributed by atoms with E-state index >= 15 is 0 Å². The van der Waals surface area contributed by atoms with Gasteiger partial charge in [0.1, 0.15) is 5.76 Å². The van der Waals surface area contributed by atoms with Crippen LogP contribution in [0.15, 0.2) is 4.42 Å². The summed E-state index contributed by atoms with van der Waals surface area (Å²) < 4.78 is 5.56. The Balaban J connectivity index is 1.96. The molecule has 0 amide bonds. The van der Waals surface area contributed by atoms with Crippen LogP contribution in [0, 0.1) is 19.8 Å². The lowest BCUT2D eigenvalue weighted by Crippen LogP contribution is -2.37. The second-order valence-corrected chi connectivity index (χ2v) is 6.09. The molecule has 2 rings (SSSR count). The predicted octanol–water partition coefficient (Wildman–Crippen LogP) is 3.19. The smallest absolute Gasteiger partial charge is 0.304 e. The van der Waals surface area contributed by atoms with E-state index in [1.165, 1.54) is 25.7 Å². The molecule has 1 atom stereocenters. The summed E-state index contributed by atoms with van der Waals surface area (Å²) in [5.41, 5.74) is 0.899. The third-order valence-corrected chi connectivity index (χ3v) is 4.45. The van der Waals surface area contributed by atoms with Crippen molar-refractivity contribution >= 4 is 5.97 Å². The molecule has 0 radical (unpaired) electrons. The second kappa shape index (κ2) is 7.59. The number of aryl methyl sites for hydroxylation is 2. The number of nitrogens with zero attached hydrogens (tertiary/aromatic N) is 1. The minimum atomic E-state index is -0.739. The fraction of sp³-hybridized carbons (Fsp3) is 0.750. The summed E-state index contributed by atoms with van der Waals surface area (Å²) >= 11 is 0. The molecule has 0 aliphatic heterocycles. The number of carboxylic acids is 1. The summed E-state index contributed by atoms with van der Waals surface area (Å²) in [4.78, 5) is 15.5. The summed E-state index contributed by atoms with van der Waals surface area (Å²) in [7, 11) is 0. The molecule has 5 nitrogen and oxygen atoms in total. The van der Waals surface area contributed by atoms with Crippen LogP contribution in [0.3, 0.4) is 0 Å². The lowest BCUT2D eigenvalue weighted by Gasteiger charge is -2.25. The van der Waals surface area contributed by atoms with Gasteiger partial charge in [0.15, 0.2) is 0 Å². The highest BCUT2D eigenvalue weighted by Crippen LogP contribution is 2.27. The zero-order valence-corrected chi connectivity index (χ0v) is 13.0. The minimum Gasteiger partial charge on any atom is -0.481 e. The summed E-state index contributed by atoms with van der Waals surface area (Å²) in [6, 6.07) is 0.00751. The minimum absolute atomic E-state index is 0.00751. The van der Waals surface area contributed by atoms with Crippen LogP contribution >= 0.6 is 0 Å². The van der Waals surface area contributed by atoms with Gasteiger partial charge in [0.2, 0.25) is 5.89 Å². The third kappa shape index (κ3) is 4.84. The molecule has 1 aromatic rings. The van der Waals surface area contributed by atoms with E-state index in [1.807, 2.05) is 13.8 Å². The monoisotopic (exact) mass is 294 g/mol. The van der Waals surface area contributed by atoms with E-state index in [0.717, 1.165) is 24.3 Å². The van der Waals surface area contributed by atoms with E-state index in [0.29, 0.717) is 18.4 Å². The molecule has 1 aliphatic rings. The lowest BCUT2D eigenvalue weighted by atomic mass is 9.90. The second-order valence-electron chi connectivity index (χ2n) is 6.09. The highest BCUT2D eigenvalue weighted by molar-refractivity contribution is 5.67. The van der Waals surface area contributed by atoms with E-state index in [1.54, 1.807) is 0 Å². The number of carboxylic acid groups (broad SMARTS) is 1. The highest BCUT2D eigenvalue weighted by atomic mass is 16.4. The topological polar surface area (TPSA) is 75.4 Å². The van der Waals surface area contributed by atoms with Crippen molar-refractivity contribution in [3.8, 4) is 0 Å². The molecule has 0 spiro atoms. The van der Waals surface area contributed by atoms with Crippen LogP contribution in [-0.4, -0.2) is 22.1 Å². The van der Waals surface area contributed by atoms with Crippen LogP contribution < -0.4 is 5.32 Å². The van der Waals surface area contributed by atoms with Gasteiger partial charge in [0.25, 0.3) is 0 Å². The van der Waals surface area contributed by atoms with Crippen LogP contribution in [0.1, 0.15) is 62.3 Å². The van der Waals surface area contributed by atoms with Gasteiger partial charge in [-0.25, -0.2) is 4.98 Å². The van der Waals surface area contributed by atoms with Crippen LogP contribution in [0.4, 0.5) is 0 Å². The Morgan fingerprint density at radius 3 is 2.52 bits per heavy atom. The van der Waals surface area contributed by atoms with Gasteiger partial charge < -0.3 is 14.8 Å². The van der Waals surface area contributed by atoms with Crippen molar-refractivity contribution in [2.75, 3.05) is 0 Å². The first-order chi connectivity index (χ1) is 10.1. The molecule has 1 saturated carbocycles. The molecule has 21 heavy (non-hydrogen) atoms. The number of carbonyl (C=O) groups is 1. The maximum absolute atomic E-state index is 11.1. The Morgan fingerprint density at radius 2 is 2.00 bits per heavy atom. The Labute approximate surface area is 126 Å². The first-order valence-corrected chi connectivity index (χ1v) is 7.94. The van der Waals surface area contributed by atoms with Crippen LogP contribution in [0.25, 0.3) is 0 Å². The molecule has 1 unspecified atom stereocenters. The standard InChI is InChI=1S/C16H26N2O3/c1-11-12(2)21-15(18-11)10-17-14(9-16(19)20)13-7-5-3-4-6-8-13/h13-14,17H,3-10H2,1-2H3,(H,19,20). The molecule has 1 aromatic heterocycles. The Morgan fingerprint density at radius 1 is 1.33 bits per heavy atom. The predicted molar refractivity (Wildman–Crippen MR) is 80.0 cm³/mol. The molecule has 2 N–H and O–H groups in total. The van der Waals surface area contributed by atoms with E-state index < -0.39 is 5.97 Å². The third-order valence-electron chi connectivity index (χ3n) is 4.45. The maximum atomic E-state index is 11.1. The molecule has 5 heteroatoms. The Kier molecular flexibility index (Phi) is 5.79. The van der Waals surface area contributed by atoms with E-state index in [-0.39, 0.29) is 12.5 Å². The van der Waals surface area contributed by atoms with Crippen molar-refractivity contribution in [2.24, 2.45) is 5.92 Å². The van der Waals surface area contributed by atoms with Crippen molar-refractivity contribution < 1.29 is 14.3 Å². The van der Waals surface area contributed by atoms with Gasteiger partial charge in [-0.15, -0.1) is 0 Å². The van der Waals surface area contributed by atoms with Gasteiger partial charge in [0.05, 0.1) is 18.7 Å². The van der Waals surface area contributed by atoms with Gasteiger partial charge in [-0.3, -0.25) is 4.79 Å². The number of hydrogen-bond donors (Lipinski definition) is 2. The lowest BCUT2D eigenvalue weighted by molar-refractivity contribution is -0.138. The van der Waals surface area contributed by atoms with Gasteiger partial charge >= 0.3 is 5.97 Å². The first kappa shape index (κ1) is 16.0. The molecule has 0 saturated heterocycles. The van der Waals surface area contributed by atoms with Crippen molar-refractivity contribution in [1.82, 2.24) is 10.3 Å². The normalized spacial score (nSPS) is 18.4. The summed E-state index contributed by atoms with van der Waals surface area (Å²) in [6.07, 6.45) is 7.37. The molecule has 0 bridgehead atoms. The molecule has 118 valence electrons. The van der Waals surface area contributed by atoms with Crippen molar-refractivity contribution in [3.05, 3.63) is 17.3 Å². The average Bonchev–Trinajstić information content (AvgIpc) is 2.66. The quantitative estimate of drug-likeness (QED) is 0.788. The summed E-state index contributed by atoms with van der Waals surface area (Å²) in [5, 5.41) is 12.5. The molecular weight excluding hydrogens is 268 g/mol. The SMILES string of the molecule is Cc1nc(CNC(CC(=O)O)C2CCCCCC2)oc1C. The molecule has 1 heterocycles. The Hall–Kier alpha value is -1.36. The van der Waals surface area contributed by atoms with Crippen molar-refractivity contribution in [3.63, 3.8) is 0 Å². The van der Waals surface area contributed by atoms with E-state index in [9.17, 15) is 4.79 Å². The van der Waals surface area contributed by atoms with Gasteiger partial charge in [0, 0.05) is 6.04 Å². The fourth-order valence-corrected chi connectivity index (χ4v) is 3.14.